The molecule has 1 unspecified atom stereocenters. The van der Waals surface area contributed by atoms with Crippen molar-refractivity contribution in [1.29, 1.82) is 0 Å². The second kappa shape index (κ2) is 6.23. The Kier molecular flexibility index (Phi) is 4.15. The fraction of sp³-hybridized carbons (Fsp3) is 0.118. The Hall–Kier alpha value is -2.27. The molecule has 0 aromatic carbocycles. The first-order valence-corrected chi connectivity index (χ1v) is 7.65. The van der Waals surface area contributed by atoms with Gasteiger partial charge in [-0.25, -0.2) is 4.98 Å². The first kappa shape index (κ1) is 14.7. The van der Waals surface area contributed by atoms with Crippen molar-refractivity contribution in [3.8, 4) is 0 Å². The molecule has 3 rings (SSSR count). The summed E-state index contributed by atoms with van der Waals surface area (Å²) >= 11 is 3.39. The summed E-state index contributed by atoms with van der Waals surface area (Å²) in [4.78, 5) is 24.5. The molecule has 2 aromatic heterocycles. The van der Waals surface area contributed by atoms with Crippen LogP contribution in [0.3, 0.4) is 0 Å². The first-order chi connectivity index (χ1) is 10.7. The van der Waals surface area contributed by atoms with E-state index in [1.807, 2.05) is 30.4 Å². The van der Waals surface area contributed by atoms with Crippen LogP contribution in [0.4, 0.5) is 0 Å². The van der Waals surface area contributed by atoms with E-state index in [4.69, 9.17) is 0 Å². The number of halogens is 1. The standard InChI is InChI=1S/C17H14BrN3O/c1-11-5-3-2-4-6-19-9-14(11)16(22)15-10-21-17-13(15)7-12(18)8-20-17/h2-8,10,14H,1,9H2,(H,20,21)/b4-2-,5-3-,19-6+. The lowest BCUT2D eigenvalue weighted by atomic mass is 9.91. The molecule has 5 heteroatoms. The van der Waals surface area contributed by atoms with Gasteiger partial charge in [0.1, 0.15) is 5.65 Å². The SMILES string of the molecule is C=C1\C=C/C=C\C=N\CC1C(=O)c1c[nH]c2ncc(Br)cc12. The minimum absolute atomic E-state index is 0.000139. The second-order valence-electron chi connectivity index (χ2n) is 5.00. The molecule has 1 atom stereocenters. The Morgan fingerprint density at radius 2 is 2.23 bits per heavy atom. The summed E-state index contributed by atoms with van der Waals surface area (Å²) in [5.41, 5.74) is 2.07. The highest BCUT2D eigenvalue weighted by molar-refractivity contribution is 9.10. The summed E-state index contributed by atoms with van der Waals surface area (Å²) in [6.45, 7) is 4.41. The average molecular weight is 356 g/mol. The number of aromatic amines is 1. The number of Topliss-reactive ketones (excluding diaryl/α,β-unsaturated/α-hetero) is 1. The predicted octanol–water partition coefficient (Wildman–Crippen LogP) is 3.88. The highest BCUT2D eigenvalue weighted by atomic mass is 79.9. The lowest BCUT2D eigenvalue weighted by molar-refractivity contribution is 0.0947. The number of nitrogens with zero attached hydrogens (tertiary/aromatic N) is 2. The van der Waals surface area contributed by atoms with Gasteiger partial charge in [-0.05, 0) is 33.6 Å². The van der Waals surface area contributed by atoms with Gasteiger partial charge in [-0.3, -0.25) is 9.79 Å². The molecule has 0 spiro atoms. The van der Waals surface area contributed by atoms with Gasteiger partial charge in [0.25, 0.3) is 0 Å². The van der Waals surface area contributed by atoms with Gasteiger partial charge in [-0.15, -0.1) is 0 Å². The predicted molar refractivity (Wildman–Crippen MR) is 92.4 cm³/mol. The second-order valence-corrected chi connectivity index (χ2v) is 5.92. The largest absolute Gasteiger partial charge is 0.345 e. The molecule has 110 valence electrons. The van der Waals surface area contributed by atoms with Gasteiger partial charge < -0.3 is 4.98 Å². The molecule has 0 amide bonds. The van der Waals surface area contributed by atoms with Crippen LogP contribution in [0.5, 0.6) is 0 Å². The normalized spacial score (nSPS) is 22.6. The van der Waals surface area contributed by atoms with Gasteiger partial charge in [-0.1, -0.05) is 24.8 Å². The van der Waals surface area contributed by atoms with Crippen LogP contribution < -0.4 is 0 Å². The van der Waals surface area contributed by atoms with E-state index in [-0.39, 0.29) is 11.7 Å². The molecule has 2 aromatic rings. The molecule has 22 heavy (non-hydrogen) atoms. The fourth-order valence-electron chi connectivity index (χ4n) is 2.37. The number of carbonyl (C=O) groups is 1. The van der Waals surface area contributed by atoms with E-state index in [0.29, 0.717) is 17.8 Å². The van der Waals surface area contributed by atoms with Crippen LogP contribution in [0.2, 0.25) is 0 Å². The molecule has 0 saturated carbocycles. The molecule has 0 saturated heterocycles. The topological polar surface area (TPSA) is 58.1 Å². The molecule has 0 radical (unpaired) electrons. The number of carbonyl (C=O) groups excluding carboxylic acids is 1. The van der Waals surface area contributed by atoms with Crippen LogP contribution in [0.15, 0.2) is 64.4 Å². The summed E-state index contributed by atoms with van der Waals surface area (Å²) in [5, 5.41) is 0.804. The zero-order valence-corrected chi connectivity index (χ0v) is 13.4. The van der Waals surface area contributed by atoms with Crippen molar-refractivity contribution < 1.29 is 4.79 Å². The maximum absolute atomic E-state index is 12.9. The smallest absolute Gasteiger partial charge is 0.174 e. The summed E-state index contributed by atoms with van der Waals surface area (Å²) in [6.07, 6.45) is 12.5. The van der Waals surface area contributed by atoms with Gasteiger partial charge in [-0.2, -0.15) is 0 Å². The number of aromatic nitrogens is 2. The van der Waals surface area contributed by atoms with Crippen molar-refractivity contribution >= 4 is 39.0 Å². The van der Waals surface area contributed by atoms with E-state index in [1.165, 1.54) is 0 Å². The molecular formula is C17H14BrN3O. The summed E-state index contributed by atoms with van der Waals surface area (Å²) < 4.78 is 0.837. The Labute approximate surface area is 136 Å². The Bertz CT molecular complexity index is 830. The Morgan fingerprint density at radius 1 is 1.36 bits per heavy atom. The molecule has 1 N–H and O–H groups in total. The van der Waals surface area contributed by atoms with E-state index in [1.54, 1.807) is 18.6 Å². The van der Waals surface area contributed by atoms with Crippen LogP contribution in [0.1, 0.15) is 10.4 Å². The molecule has 3 heterocycles. The number of nitrogens with one attached hydrogen (secondary N) is 1. The molecule has 4 nitrogen and oxygen atoms in total. The number of fused-ring (bicyclic) bond motifs is 1. The summed E-state index contributed by atoms with van der Waals surface area (Å²) in [7, 11) is 0. The van der Waals surface area contributed by atoms with E-state index in [0.717, 1.165) is 15.4 Å². The molecular weight excluding hydrogens is 342 g/mol. The average Bonchev–Trinajstić information content (AvgIpc) is 2.95. The monoisotopic (exact) mass is 355 g/mol. The van der Waals surface area contributed by atoms with E-state index in [2.05, 4.69) is 37.5 Å². The van der Waals surface area contributed by atoms with Gasteiger partial charge in [0.15, 0.2) is 5.78 Å². The highest BCUT2D eigenvalue weighted by Crippen LogP contribution is 2.25. The van der Waals surface area contributed by atoms with Crippen molar-refractivity contribution in [2.75, 3.05) is 6.54 Å². The Morgan fingerprint density at radius 3 is 3.09 bits per heavy atom. The third-order valence-corrected chi connectivity index (χ3v) is 3.97. The molecule has 0 aliphatic carbocycles. The fourth-order valence-corrected chi connectivity index (χ4v) is 2.71. The first-order valence-electron chi connectivity index (χ1n) is 6.85. The van der Waals surface area contributed by atoms with Crippen molar-refractivity contribution in [3.63, 3.8) is 0 Å². The van der Waals surface area contributed by atoms with Crippen molar-refractivity contribution in [1.82, 2.24) is 9.97 Å². The van der Waals surface area contributed by atoms with Crippen molar-refractivity contribution in [2.24, 2.45) is 10.9 Å². The van der Waals surface area contributed by atoms with Crippen LogP contribution in [0, 0.1) is 5.92 Å². The van der Waals surface area contributed by atoms with Gasteiger partial charge >= 0.3 is 0 Å². The zero-order valence-electron chi connectivity index (χ0n) is 11.8. The maximum atomic E-state index is 12.9. The van der Waals surface area contributed by atoms with Gasteiger partial charge in [0, 0.05) is 34.0 Å². The molecule has 1 aliphatic heterocycles. The number of allylic oxidation sites excluding steroid dienone is 4. The van der Waals surface area contributed by atoms with Crippen LogP contribution in [-0.2, 0) is 0 Å². The number of hydrogen-bond acceptors (Lipinski definition) is 3. The van der Waals surface area contributed by atoms with Crippen LogP contribution >= 0.6 is 15.9 Å². The van der Waals surface area contributed by atoms with E-state index in [9.17, 15) is 4.79 Å². The molecule has 1 aliphatic rings. The highest BCUT2D eigenvalue weighted by Gasteiger charge is 2.24. The summed E-state index contributed by atoms with van der Waals surface area (Å²) in [6, 6.07) is 1.89. The zero-order chi connectivity index (χ0) is 15.5. The van der Waals surface area contributed by atoms with E-state index >= 15 is 0 Å². The van der Waals surface area contributed by atoms with Crippen molar-refractivity contribution in [2.45, 2.75) is 0 Å². The van der Waals surface area contributed by atoms with Gasteiger partial charge in [0.05, 0.1) is 12.5 Å². The van der Waals surface area contributed by atoms with Crippen LogP contribution in [-0.4, -0.2) is 28.5 Å². The lowest BCUT2D eigenvalue weighted by Crippen LogP contribution is -2.19. The number of hydrogen-bond donors (Lipinski definition) is 1. The third-order valence-electron chi connectivity index (χ3n) is 3.54. The Balaban J connectivity index is 2.00. The van der Waals surface area contributed by atoms with Crippen molar-refractivity contribution in [3.05, 3.63) is 65.0 Å². The molecule has 0 bridgehead atoms. The third kappa shape index (κ3) is 2.85. The lowest BCUT2D eigenvalue weighted by Gasteiger charge is -2.13. The minimum atomic E-state index is -0.370. The minimum Gasteiger partial charge on any atom is -0.345 e. The summed E-state index contributed by atoms with van der Waals surface area (Å²) in [5.74, 6) is -0.370. The van der Waals surface area contributed by atoms with Gasteiger partial charge in [0.2, 0.25) is 0 Å². The molecule has 0 fully saturated rings. The number of pyridine rings is 1. The maximum Gasteiger partial charge on any atom is 0.174 e. The number of rotatable bonds is 2. The quantitative estimate of drug-likeness (QED) is 0.831. The van der Waals surface area contributed by atoms with Crippen LogP contribution in [0.25, 0.3) is 11.0 Å². The number of H-pyrrole nitrogens is 1. The number of aliphatic imine (C=N–C) groups is 1. The number of ketones is 1. The van der Waals surface area contributed by atoms with E-state index < -0.39 is 0 Å².